The highest BCUT2D eigenvalue weighted by atomic mass is 32.2. The Morgan fingerprint density at radius 1 is 1.17 bits per heavy atom. The van der Waals surface area contributed by atoms with E-state index < -0.39 is 0 Å². The molecule has 0 amide bonds. The highest BCUT2D eigenvalue weighted by Gasteiger charge is 2.54. The summed E-state index contributed by atoms with van der Waals surface area (Å²) in [5.41, 5.74) is 1.34. The molecule has 2 bridgehead atoms. The number of fused-ring (bicyclic) bond motifs is 6. The third-order valence-electron chi connectivity index (χ3n) is 5.94. The van der Waals surface area contributed by atoms with Gasteiger partial charge >= 0.3 is 4.87 Å². The van der Waals surface area contributed by atoms with E-state index in [2.05, 4.69) is 17.1 Å². The van der Waals surface area contributed by atoms with Crippen molar-refractivity contribution in [3.63, 3.8) is 0 Å². The number of methoxy groups -OCH3 is 1. The maximum Gasteiger partial charge on any atom is 0.305 e. The summed E-state index contributed by atoms with van der Waals surface area (Å²) in [7, 11) is 1.70. The molecule has 2 saturated carbocycles. The smallest absolute Gasteiger partial charge is 0.305 e. The van der Waals surface area contributed by atoms with E-state index in [1.807, 2.05) is 23.9 Å². The predicted molar refractivity (Wildman–Crippen MR) is 93.7 cm³/mol. The normalized spacial score (nSPS) is 34.2. The number of hydrogen-bond donors (Lipinski definition) is 1. The van der Waals surface area contributed by atoms with Gasteiger partial charge in [0.05, 0.1) is 12.1 Å². The van der Waals surface area contributed by atoms with Crippen molar-refractivity contribution in [1.29, 1.82) is 0 Å². The van der Waals surface area contributed by atoms with Crippen LogP contribution in [0.15, 0.2) is 34.1 Å². The number of hydrogen-bond acceptors (Lipinski definition) is 4. The number of aromatic amines is 1. The number of thiazole rings is 1. The molecule has 1 N–H and O–H groups in total. The number of rotatable bonds is 2. The van der Waals surface area contributed by atoms with Crippen LogP contribution in [0.4, 0.5) is 0 Å². The molecule has 5 rings (SSSR count). The summed E-state index contributed by atoms with van der Waals surface area (Å²) in [5, 5.41) is 1.81. The van der Waals surface area contributed by atoms with Crippen LogP contribution in [0.25, 0.3) is 0 Å². The van der Waals surface area contributed by atoms with Crippen LogP contribution in [0.2, 0.25) is 0 Å². The third-order valence-corrected chi connectivity index (χ3v) is 8.56. The van der Waals surface area contributed by atoms with Crippen LogP contribution in [0.1, 0.15) is 35.6 Å². The number of ether oxygens (including phenoxy) is 1. The summed E-state index contributed by atoms with van der Waals surface area (Å²) >= 11 is 3.36. The molecule has 3 aliphatic rings. The van der Waals surface area contributed by atoms with Crippen molar-refractivity contribution in [3.8, 4) is 5.75 Å². The van der Waals surface area contributed by atoms with Crippen molar-refractivity contribution in [2.24, 2.45) is 17.8 Å². The van der Waals surface area contributed by atoms with Crippen LogP contribution >= 0.6 is 23.1 Å². The van der Waals surface area contributed by atoms with Crippen LogP contribution in [0, 0.1) is 17.8 Å². The van der Waals surface area contributed by atoms with Gasteiger partial charge in [-0.15, -0.1) is 11.8 Å². The van der Waals surface area contributed by atoms with E-state index in [1.54, 1.807) is 7.11 Å². The Morgan fingerprint density at radius 3 is 2.74 bits per heavy atom. The van der Waals surface area contributed by atoms with Gasteiger partial charge in [-0.2, -0.15) is 0 Å². The monoisotopic (exact) mass is 345 g/mol. The van der Waals surface area contributed by atoms with Crippen LogP contribution < -0.4 is 9.61 Å². The van der Waals surface area contributed by atoms with Gasteiger partial charge in [0, 0.05) is 16.0 Å². The summed E-state index contributed by atoms with van der Waals surface area (Å²) < 4.78 is 5.31. The molecule has 1 aliphatic heterocycles. The van der Waals surface area contributed by atoms with Gasteiger partial charge in [-0.3, -0.25) is 4.79 Å². The highest BCUT2D eigenvalue weighted by Crippen LogP contribution is 2.63. The number of thioether (sulfide) groups is 1. The fourth-order valence-electron chi connectivity index (χ4n) is 5.03. The molecule has 0 unspecified atom stereocenters. The fraction of sp³-hybridized carbons (Fsp3) is 0.500. The summed E-state index contributed by atoms with van der Waals surface area (Å²) in [6, 6.07) is 8.48. The topological polar surface area (TPSA) is 42.1 Å². The average molecular weight is 345 g/mol. The van der Waals surface area contributed by atoms with Crippen LogP contribution in [0.5, 0.6) is 5.75 Å². The van der Waals surface area contributed by atoms with Crippen molar-refractivity contribution in [1.82, 2.24) is 4.98 Å². The Bertz CT molecular complexity index is 794. The number of nitrogens with one attached hydrogen (secondary N) is 1. The lowest BCUT2D eigenvalue weighted by Crippen LogP contribution is -2.33. The zero-order valence-corrected chi connectivity index (χ0v) is 14.6. The molecule has 0 radical (unpaired) electrons. The fourth-order valence-corrected chi connectivity index (χ4v) is 7.93. The Kier molecular flexibility index (Phi) is 3.17. The van der Waals surface area contributed by atoms with E-state index >= 15 is 0 Å². The largest absolute Gasteiger partial charge is 0.497 e. The SMILES string of the molecule is COc1ccc([C@@H]2c3sc(=O)[nH]c3S[C@@H]3[C@H]4CC[C@@H](C4)[C@@H]23)cc1. The van der Waals surface area contributed by atoms with E-state index in [4.69, 9.17) is 4.74 Å². The lowest BCUT2D eigenvalue weighted by Gasteiger charge is -2.40. The third kappa shape index (κ3) is 2.06. The van der Waals surface area contributed by atoms with Gasteiger partial charge < -0.3 is 9.72 Å². The minimum atomic E-state index is 0.0910. The molecule has 5 heteroatoms. The molecule has 5 atom stereocenters. The second-order valence-electron chi connectivity index (χ2n) is 6.95. The second-order valence-corrected chi connectivity index (χ2v) is 9.15. The number of aromatic nitrogens is 1. The van der Waals surface area contributed by atoms with Gasteiger partial charge in [0.1, 0.15) is 5.75 Å². The van der Waals surface area contributed by atoms with Gasteiger partial charge in [-0.05, 0) is 54.7 Å². The van der Waals surface area contributed by atoms with E-state index in [9.17, 15) is 4.79 Å². The van der Waals surface area contributed by atoms with Crippen molar-refractivity contribution in [2.45, 2.75) is 35.5 Å². The Hall–Kier alpha value is -1.20. The van der Waals surface area contributed by atoms with Gasteiger partial charge in [-0.25, -0.2) is 0 Å². The maximum absolute atomic E-state index is 12.0. The van der Waals surface area contributed by atoms with Crippen LogP contribution in [0.3, 0.4) is 0 Å². The van der Waals surface area contributed by atoms with Gasteiger partial charge in [-0.1, -0.05) is 23.5 Å². The minimum Gasteiger partial charge on any atom is -0.497 e. The van der Waals surface area contributed by atoms with Gasteiger partial charge in [0.2, 0.25) is 0 Å². The summed E-state index contributed by atoms with van der Waals surface area (Å²) in [4.78, 5) is 16.4. The quantitative estimate of drug-likeness (QED) is 0.891. The molecule has 2 aromatic rings. The molecular formula is C18H19NO2S2. The Balaban J connectivity index is 1.64. The first-order valence-electron chi connectivity index (χ1n) is 8.28. The van der Waals surface area contributed by atoms with Crippen molar-refractivity contribution >= 4 is 23.1 Å². The van der Waals surface area contributed by atoms with Crippen molar-refractivity contribution < 1.29 is 4.74 Å². The highest BCUT2D eigenvalue weighted by molar-refractivity contribution is 8.00. The van der Waals surface area contributed by atoms with Crippen LogP contribution in [-0.2, 0) is 0 Å². The Labute approximate surface area is 143 Å². The molecule has 1 aromatic carbocycles. The van der Waals surface area contributed by atoms with E-state index in [-0.39, 0.29) is 4.87 Å². The van der Waals surface area contributed by atoms with E-state index in [1.165, 1.54) is 41.0 Å². The molecule has 0 spiro atoms. The first-order valence-corrected chi connectivity index (χ1v) is 9.98. The summed E-state index contributed by atoms with van der Waals surface area (Å²) in [6.45, 7) is 0. The first kappa shape index (κ1) is 14.2. The second kappa shape index (κ2) is 5.15. The molecule has 120 valence electrons. The van der Waals surface area contributed by atoms with Crippen molar-refractivity contribution in [2.75, 3.05) is 7.11 Å². The van der Waals surface area contributed by atoms with Gasteiger partial charge in [0.25, 0.3) is 0 Å². The lowest BCUT2D eigenvalue weighted by atomic mass is 9.75. The van der Waals surface area contributed by atoms with Gasteiger partial charge in [0.15, 0.2) is 0 Å². The van der Waals surface area contributed by atoms with Crippen molar-refractivity contribution in [3.05, 3.63) is 44.4 Å². The molecule has 3 nitrogen and oxygen atoms in total. The molecule has 2 fully saturated rings. The molecule has 2 heterocycles. The summed E-state index contributed by atoms with van der Waals surface area (Å²) in [6.07, 6.45) is 4.12. The zero-order valence-electron chi connectivity index (χ0n) is 13.0. The lowest BCUT2D eigenvalue weighted by molar-refractivity contribution is 0.307. The molecule has 0 saturated heterocycles. The molecule has 2 aliphatic carbocycles. The molecular weight excluding hydrogens is 326 g/mol. The average Bonchev–Trinajstić information content (AvgIpc) is 3.26. The molecule has 1 aromatic heterocycles. The van der Waals surface area contributed by atoms with E-state index in [0.717, 1.165) is 22.6 Å². The maximum atomic E-state index is 12.0. The molecule has 23 heavy (non-hydrogen) atoms. The number of benzene rings is 1. The zero-order chi connectivity index (χ0) is 15.6. The standard InChI is InChI=1S/C18H19NO2S2/c1-21-12-6-4-9(5-7-12)13-14-10-2-3-11(8-10)15(14)22-17-16(13)23-18(20)19-17/h4-7,10-11,13-15H,2-3,8H2,1H3,(H,19,20)/t10-,11-,13-,14-,15+/m0/s1. The first-order chi connectivity index (χ1) is 11.2. The predicted octanol–water partition coefficient (Wildman–Crippen LogP) is 4.10. The van der Waals surface area contributed by atoms with E-state index in [0.29, 0.717) is 17.1 Å². The Morgan fingerprint density at radius 2 is 1.96 bits per heavy atom. The van der Waals surface area contributed by atoms with Crippen LogP contribution in [-0.4, -0.2) is 17.3 Å². The minimum absolute atomic E-state index is 0.0910. The number of H-pyrrole nitrogens is 1. The summed E-state index contributed by atoms with van der Waals surface area (Å²) in [5.74, 6) is 3.63.